The molecule has 4 aromatic rings. The highest BCUT2D eigenvalue weighted by atomic mass is 32.2. The average Bonchev–Trinajstić information content (AvgIpc) is 3.36. The van der Waals surface area contributed by atoms with Crippen molar-refractivity contribution in [2.45, 2.75) is 11.1 Å². The van der Waals surface area contributed by atoms with Crippen LogP contribution in [0.2, 0.25) is 0 Å². The average molecular weight is 419 g/mol. The minimum atomic E-state index is -4.74. The molecule has 0 unspecified atom stereocenters. The summed E-state index contributed by atoms with van der Waals surface area (Å²) in [5.74, 6) is -1.41. The first kappa shape index (κ1) is 19.0. The predicted molar refractivity (Wildman–Crippen MR) is 99.7 cm³/mol. The number of thioether (sulfide) groups is 1. The molecule has 3 aromatic heterocycles. The number of benzene rings is 1. The van der Waals surface area contributed by atoms with E-state index >= 15 is 0 Å². The van der Waals surface area contributed by atoms with Crippen molar-refractivity contribution in [3.63, 3.8) is 0 Å². The second-order valence-electron chi connectivity index (χ2n) is 5.83. The quantitative estimate of drug-likeness (QED) is 0.494. The third-order valence-electron chi connectivity index (χ3n) is 3.91. The van der Waals surface area contributed by atoms with Gasteiger partial charge in [-0.05, 0) is 42.7 Å². The van der Waals surface area contributed by atoms with Crippen LogP contribution < -0.4 is 5.32 Å². The lowest BCUT2D eigenvalue weighted by Crippen LogP contribution is -2.16. The molecule has 29 heavy (non-hydrogen) atoms. The van der Waals surface area contributed by atoms with Gasteiger partial charge in [-0.1, -0.05) is 6.07 Å². The Balaban J connectivity index is 1.75. The number of anilines is 1. The van der Waals surface area contributed by atoms with E-state index in [9.17, 15) is 18.0 Å². The van der Waals surface area contributed by atoms with Crippen molar-refractivity contribution in [2.24, 2.45) is 0 Å². The maximum Gasteiger partial charge on any atom is 0.433 e. The van der Waals surface area contributed by atoms with E-state index < -0.39 is 23.6 Å². The summed E-state index contributed by atoms with van der Waals surface area (Å²) < 4.78 is 46.2. The fraction of sp³-hybridized carbons (Fsp3) is 0.111. The molecule has 0 saturated carbocycles. The van der Waals surface area contributed by atoms with E-state index in [2.05, 4.69) is 20.4 Å². The third kappa shape index (κ3) is 3.81. The summed E-state index contributed by atoms with van der Waals surface area (Å²) in [4.78, 5) is 21.3. The highest BCUT2D eigenvalue weighted by molar-refractivity contribution is 7.98. The number of halogens is 3. The van der Waals surface area contributed by atoms with Crippen molar-refractivity contribution in [1.29, 1.82) is 0 Å². The van der Waals surface area contributed by atoms with Gasteiger partial charge in [-0.15, -0.1) is 16.9 Å². The largest absolute Gasteiger partial charge is 0.463 e. The van der Waals surface area contributed by atoms with Gasteiger partial charge in [0.05, 0.1) is 6.26 Å². The zero-order valence-corrected chi connectivity index (χ0v) is 15.6. The van der Waals surface area contributed by atoms with Crippen LogP contribution in [0.1, 0.15) is 16.3 Å². The first-order valence-electron chi connectivity index (χ1n) is 8.19. The van der Waals surface area contributed by atoms with Gasteiger partial charge in [0, 0.05) is 10.6 Å². The first-order valence-corrected chi connectivity index (χ1v) is 9.42. The van der Waals surface area contributed by atoms with Crippen molar-refractivity contribution in [3.05, 3.63) is 60.2 Å². The number of fused-ring (bicyclic) bond motifs is 1. The molecule has 4 rings (SSSR count). The number of nitrogens with one attached hydrogen (secondary N) is 1. The van der Waals surface area contributed by atoms with Crippen LogP contribution in [0.3, 0.4) is 0 Å². The minimum Gasteiger partial charge on any atom is -0.463 e. The van der Waals surface area contributed by atoms with Crippen LogP contribution in [0.15, 0.2) is 58.0 Å². The predicted octanol–water partition coefficient (Wildman–Crippen LogP) is 4.38. The van der Waals surface area contributed by atoms with Gasteiger partial charge >= 0.3 is 6.18 Å². The summed E-state index contributed by atoms with van der Waals surface area (Å²) in [5.41, 5.74) is -0.715. The Morgan fingerprint density at radius 1 is 1.17 bits per heavy atom. The number of aromatic nitrogens is 4. The Morgan fingerprint density at radius 3 is 2.69 bits per heavy atom. The number of nitrogens with zero attached hydrogens (tertiary/aromatic N) is 4. The molecule has 7 nitrogen and oxygen atoms in total. The van der Waals surface area contributed by atoms with E-state index in [1.54, 1.807) is 18.2 Å². The van der Waals surface area contributed by atoms with Gasteiger partial charge in [-0.2, -0.15) is 22.7 Å². The zero-order valence-electron chi connectivity index (χ0n) is 14.8. The first-order chi connectivity index (χ1) is 13.8. The van der Waals surface area contributed by atoms with E-state index in [4.69, 9.17) is 4.42 Å². The van der Waals surface area contributed by atoms with Crippen molar-refractivity contribution >= 4 is 29.1 Å². The summed E-state index contributed by atoms with van der Waals surface area (Å²) in [6, 6.07) is 10.8. The molecule has 1 N–H and O–H groups in total. The maximum absolute atomic E-state index is 13.5. The summed E-state index contributed by atoms with van der Waals surface area (Å²) in [6.07, 6.45) is -1.54. The monoisotopic (exact) mass is 419 g/mol. The SMILES string of the molecule is CSc1cccc(NC(=O)c2nc3nc(-c4ccco4)cc(C(F)(F)F)n3n2)c1. The molecular formula is C18H12F3N5O2S. The highest BCUT2D eigenvalue weighted by Crippen LogP contribution is 2.32. The van der Waals surface area contributed by atoms with Crippen LogP contribution in [0, 0.1) is 0 Å². The smallest absolute Gasteiger partial charge is 0.433 e. The van der Waals surface area contributed by atoms with Gasteiger partial charge in [-0.25, -0.2) is 4.98 Å². The van der Waals surface area contributed by atoms with Crippen LogP contribution in [0.25, 0.3) is 17.2 Å². The van der Waals surface area contributed by atoms with Crippen molar-refractivity contribution in [1.82, 2.24) is 19.6 Å². The molecule has 0 aliphatic carbocycles. The number of carbonyl (C=O) groups excluding carboxylic acids is 1. The molecule has 1 amide bonds. The van der Waals surface area contributed by atoms with Gasteiger partial charge in [0.1, 0.15) is 5.69 Å². The number of alkyl halides is 3. The van der Waals surface area contributed by atoms with Crippen molar-refractivity contribution in [3.8, 4) is 11.5 Å². The fourth-order valence-corrected chi connectivity index (χ4v) is 3.06. The zero-order chi connectivity index (χ0) is 20.6. The Morgan fingerprint density at radius 2 is 2.00 bits per heavy atom. The number of hydrogen-bond acceptors (Lipinski definition) is 6. The van der Waals surface area contributed by atoms with Gasteiger partial charge in [0.25, 0.3) is 11.7 Å². The summed E-state index contributed by atoms with van der Waals surface area (Å²) >= 11 is 1.48. The second kappa shape index (κ2) is 7.24. The number of amides is 1. The van der Waals surface area contributed by atoms with E-state index in [-0.39, 0.29) is 17.2 Å². The molecule has 0 aliphatic heterocycles. The summed E-state index contributed by atoms with van der Waals surface area (Å²) in [6.45, 7) is 0. The molecule has 11 heteroatoms. The number of hydrogen-bond donors (Lipinski definition) is 1. The van der Waals surface area contributed by atoms with Crippen molar-refractivity contribution in [2.75, 3.05) is 11.6 Å². The molecule has 0 spiro atoms. The lowest BCUT2D eigenvalue weighted by molar-refractivity contribution is -0.142. The number of carbonyl (C=O) groups is 1. The Kier molecular flexibility index (Phi) is 4.74. The fourth-order valence-electron chi connectivity index (χ4n) is 2.60. The third-order valence-corrected chi connectivity index (χ3v) is 4.63. The van der Waals surface area contributed by atoms with Gasteiger partial charge in [0.2, 0.25) is 5.82 Å². The molecule has 0 bridgehead atoms. The second-order valence-corrected chi connectivity index (χ2v) is 6.71. The molecule has 0 fully saturated rings. The molecule has 1 aromatic carbocycles. The van der Waals surface area contributed by atoms with Crippen molar-refractivity contribution < 1.29 is 22.4 Å². The maximum atomic E-state index is 13.5. The standard InChI is InChI=1S/C18H12F3N5O2S/c1-29-11-5-2-4-10(8-11)22-16(27)15-24-17-23-12(13-6-3-7-28-13)9-14(18(19,20)21)26(17)25-15/h2-9H,1H3,(H,22,27). The van der Waals surface area contributed by atoms with Crippen LogP contribution in [-0.4, -0.2) is 31.7 Å². The van der Waals surface area contributed by atoms with Crippen LogP contribution in [0.4, 0.5) is 18.9 Å². The minimum absolute atomic E-state index is 0.0677. The highest BCUT2D eigenvalue weighted by Gasteiger charge is 2.36. The van der Waals surface area contributed by atoms with Crippen LogP contribution in [0.5, 0.6) is 0 Å². The van der Waals surface area contributed by atoms with Gasteiger partial charge in [0.15, 0.2) is 11.5 Å². The van der Waals surface area contributed by atoms with Gasteiger partial charge < -0.3 is 9.73 Å². The number of rotatable bonds is 4. The van der Waals surface area contributed by atoms with E-state index in [1.165, 1.54) is 30.2 Å². The Labute approximate surface area is 166 Å². The lowest BCUT2D eigenvalue weighted by atomic mass is 10.2. The van der Waals surface area contributed by atoms with E-state index in [0.29, 0.717) is 10.2 Å². The summed E-state index contributed by atoms with van der Waals surface area (Å²) in [5, 5.41) is 6.29. The lowest BCUT2D eigenvalue weighted by Gasteiger charge is -2.09. The molecule has 0 saturated heterocycles. The Bertz CT molecular complexity index is 1190. The topological polar surface area (TPSA) is 85.3 Å². The molecule has 0 atom stereocenters. The number of furan rings is 1. The molecule has 0 radical (unpaired) electrons. The normalized spacial score (nSPS) is 11.7. The molecule has 0 aliphatic rings. The Hall–Kier alpha value is -3.34. The van der Waals surface area contributed by atoms with Crippen LogP contribution >= 0.6 is 11.8 Å². The van der Waals surface area contributed by atoms with E-state index in [0.717, 1.165) is 11.0 Å². The van der Waals surface area contributed by atoms with Crippen LogP contribution in [-0.2, 0) is 6.18 Å². The van der Waals surface area contributed by atoms with Gasteiger partial charge in [-0.3, -0.25) is 4.79 Å². The molecular weight excluding hydrogens is 407 g/mol. The molecule has 148 valence electrons. The summed E-state index contributed by atoms with van der Waals surface area (Å²) in [7, 11) is 0. The molecule has 3 heterocycles. The van der Waals surface area contributed by atoms with E-state index in [1.807, 2.05) is 12.3 Å².